The van der Waals surface area contributed by atoms with Gasteiger partial charge in [-0.05, 0) is 31.6 Å². The normalized spacial score (nSPS) is 13.7. The van der Waals surface area contributed by atoms with Crippen LogP contribution in [0.2, 0.25) is 0 Å². The number of esters is 4. The van der Waals surface area contributed by atoms with Crippen molar-refractivity contribution in [1.29, 1.82) is 0 Å². The van der Waals surface area contributed by atoms with E-state index in [1.54, 1.807) is 0 Å². The van der Waals surface area contributed by atoms with Gasteiger partial charge in [-0.3, -0.25) is 37.3 Å². The Morgan fingerprint density at radius 3 is 0.618 bits per heavy atom. The van der Waals surface area contributed by atoms with Gasteiger partial charge in [0, 0.05) is 25.7 Å². The lowest BCUT2D eigenvalue weighted by molar-refractivity contribution is -0.161. The number of phosphoric acid groups is 2. The number of hydrogen-bond donors (Lipinski definition) is 3. The minimum Gasteiger partial charge on any atom is -0.462 e. The summed E-state index contributed by atoms with van der Waals surface area (Å²) in [5.41, 5.74) is 0. The standard InChI is InChI=1S/C91H178O17P2/c1-6-9-12-15-18-21-24-27-30-33-35-37-39-41-43-46-49-52-55-62-67-72-77-90(95)107-86(80-101-88(93)74-69-64-59-53-50-47-45-42-40-38-36-34-31-28-25-22-19-16-13-10-7-2)82-105-109(97,98)103-78-85(92)79-104-110(99,100)106-83-87(81-102-89(94)75-70-65-60-57-56-58-63-68-73-84(4)5)108-91(96)76-71-66-61-54-51-48-44-32-29-26-23-20-17-14-11-8-3/h84-87,92H,6-83H2,1-5H3,(H,97,98)(H,99,100)/t85-,86-,87-/m1/s1. The van der Waals surface area contributed by atoms with Crippen molar-refractivity contribution in [3.05, 3.63) is 0 Å². The molecule has 0 saturated heterocycles. The Kier molecular flexibility index (Phi) is 82.1. The van der Waals surface area contributed by atoms with Crippen molar-refractivity contribution in [3.8, 4) is 0 Å². The maximum atomic E-state index is 13.2. The van der Waals surface area contributed by atoms with E-state index in [-0.39, 0.29) is 25.7 Å². The van der Waals surface area contributed by atoms with Crippen LogP contribution in [0.1, 0.15) is 497 Å². The molecule has 17 nitrogen and oxygen atoms in total. The van der Waals surface area contributed by atoms with Crippen LogP contribution in [0.25, 0.3) is 0 Å². The molecule has 0 aliphatic heterocycles. The highest BCUT2D eigenvalue weighted by atomic mass is 31.2. The number of aliphatic hydroxyl groups excluding tert-OH is 1. The summed E-state index contributed by atoms with van der Waals surface area (Å²) in [6, 6.07) is 0. The fourth-order valence-corrected chi connectivity index (χ4v) is 15.9. The number of unbranched alkanes of at least 4 members (excludes halogenated alkanes) is 63. The third kappa shape index (κ3) is 84.0. The molecule has 0 saturated carbocycles. The molecule has 0 aromatic rings. The van der Waals surface area contributed by atoms with Gasteiger partial charge < -0.3 is 33.8 Å². The third-order valence-corrected chi connectivity index (χ3v) is 23.4. The second-order valence-corrected chi connectivity index (χ2v) is 36.1. The van der Waals surface area contributed by atoms with E-state index in [1.165, 1.54) is 321 Å². The first kappa shape index (κ1) is 108. The van der Waals surface area contributed by atoms with Gasteiger partial charge in [0.05, 0.1) is 26.4 Å². The van der Waals surface area contributed by atoms with Crippen LogP contribution < -0.4 is 0 Å². The summed E-state index contributed by atoms with van der Waals surface area (Å²) in [6.45, 7) is 7.36. The van der Waals surface area contributed by atoms with Crippen LogP contribution in [-0.4, -0.2) is 96.7 Å². The summed E-state index contributed by atoms with van der Waals surface area (Å²) in [7, 11) is -9.93. The molecule has 0 aromatic heterocycles. The van der Waals surface area contributed by atoms with Crippen molar-refractivity contribution < 1.29 is 80.2 Å². The fraction of sp³-hybridized carbons (Fsp3) is 0.956. The smallest absolute Gasteiger partial charge is 0.462 e. The number of carbonyl (C=O) groups is 4. The van der Waals surface area contributed by atoms with E-state index in [2.05, 4.69) is 34.6 Å². The molecular formula is C91H178O17P2. The van der Waals surface area contributed by atoms with Crippen molar-refractivity contribution in [3.63, 3.8) is 0 Å². The third-order valence-electron chi connectivity index (χ3n) is 21.5. The highest BCUT2D eigenvalue weighted by Gasteiger charge is 2.31. The van der Waals surface area contributed by atoms with E-state index < -0.39 is 97.5 Å². The Hall–Kier alpha value is -1.94. The van der Waals surface area contributed by atoms with Crippen LogP contribution in [0.3, 0.4) is 0 Å². The summed E-state index contributed by atoms with van der Waals surface area (Å²) < 4.78 is 69.0. The van der Waals surface area contributed by atoms with E-state index in [9.17, 15) is 43.2 Å². The number of carbonyl (C=O) groups excluding carboxylic acids is 4. The number of hydrogen-bond acceptors (Lipinski definition) is 15. The van der Waals surface area contributed by atoms with Crippen LogP contribution in [0.15, 0.2) is 0 Å². The molecule has 5 atom stereocenters. The van der Waals surface area contributed by atoms with Gasteiger partial charge in [-0.15, -0.1) is 0 Å². The average Bonchev–Trinajstić information content (AvgIpc) is 0.898. The van der Waals surface area contributed by atoms with Gasteiger partial charge in [0.15, 0.2) is 12.2 Å². The molecule has 0 bridgehead atoms. The Morgan fingerprint density at radius 1 is 0.245 bits per heavy atom. The molecule has 0 aromatic carbocycles. The molecular weight excluding hydrogens is 1430 g/mol. The highest BCUT2D eigenvalue weighted by Crippen LogP contribution is 2.45. The van der Waals surface area contributed by atoms with Crippen molar-refractivity contribution in [1.82, 2.24) is 0 Å². The monoisotopic (exact) mass is 1610 g/mol. The minimum absolute atomic E-state index is 0.108. The summed E-state index contributed by atoms with van der Waals surface area (Å²) in [5, 5.41) is 10.7. The molecule has 0 aliphatic rings. The summed E-state index contributed by atoms with van der Waals surface area (Å²) in [6.07, 6.45) is 79.4. The van der Waals surface area contributed by atoms with Gasteiger partial charge >= 0.3 is 39.5 Å². The highest BCUT2D eigenvalue weighted by molar-refractivity contribution is 7.47. The van der Waals surface area contributed by atoms with Crippen LogP contribution in [0.5, 0.6) is 0 Å². The van der Waals surface area contributed by atoms with E-state index in [0.29, 0.717) is 25.7 Å². The molecule has 2 unspecified atom stereocenters. The topological polar surface area (TPSA) is 237 Å². The molecule has 19 heteroatoms. The predicted molar refractivity (Wildman–Crippen MR) is 455 cm³/mol. The maximum Gasteiger partial charge on any atom is 0.472 e. The van der Waals surface area contributed by atoms with Crippen LogP contribution >= 0.6 is 15.6 Å². The molecule has 654 valence electrons. The Balaban J connectivity index is 5.22. The molecule has 0 fully saturated rings. The predicted octanol–water partition coefficient (Wildman–Crippen LogP) is 28.3. The second-order valence-electron chi connectivity index (χ2n) is 33.2. The van der Waals surface area contributed by atoms with E-state index >= 15 is 0 Å². The zero-order chi connectivity index (χ0) is 80.4. The first-order valence-electron chi connectivity index (χ1n) is 47.1. The lowest BCUT2D eigenvalue weighted by Crippen LogP contribution is -2.30. The van der Waals surface area contributed by atoms with Crippen LogP contribution in [-0.2, 0) is 65.4 Å². The summed E-state index contributed by atoms with van der Waals surface area (Å²) in [5.74, 6) is -1.37. The summed E-state index contributed by atoms with van der Waals surface area (Å²) >= 11 is 0. The Morgan fingerprint density at radius 2 is 0.418 bits per heavy atom. The van der Waals surface area contributed by atoms with Crippen LogP contribution in [0.4, 0.5) is 0 Å². The van der Waals surface area contributed by atoms with E-state index in [4.69, 9.17) is 37.0 Å². The lowest BCUT2D eigenvalue weighted by atomic mass is 10.0. The number of rotatable bonds is 91. The quantitative estimate of drug-likeness (QED) is 0.0222. The van der Waals surface area contributed by atoms with Crippen molar-refractivity contribution in [2.45, 2.75) is 515 Å². The first-order chi connectivity index (χ1) is 53.5. The van der Waals surface area contributed by atoms with Gasteiger partial charge in [0.25, 0.3) is 0 Å². The Bertz CT molecular complexity index is 2080. The van der Waals surface area contributed by atoms with Crippen molar-refractivity contribution in [2.24, 2.45) is 5.92 Å². The first-order valence-corrected chi connectivity index (χ1v) is 50.1. The van der Waals surface area contributed by atoms with Gasteiger partial charge in [-0.25, -0.2) is 9.13 Å². The van der Waals surface area contributed by atoms with Crippen molar-refractivity contribution >= 4 is 39.5 Å². The fourth-order valence-electron chi connectivity index (χ4n) is 14.4. The average molecular weight is 1610 g/mol. The number of aliphatic hydroxyl groups is 1. The molecule has 0 radical (unpaired) electrons. The molecule has 110 heavy (non-hydrogen) atoms. The molecule has 0 heterocycles. The minimum atomic E-state index is -4.97. The van der Waals surface area contributed by atoms with Gasteiger partial charge in [-0.1, -0.05) is 446 Å². The maximum absolute atomic E-state index is 13.2. The molecule has 0 aliphatic carbocycles. The number of ether oxygens (including phenoxy) is 4. The zero-order valence-corrected chi connectivity index (χ0v) is 74.2. The zero-order valence-electron chi connectivity index (χ0n) is 72.4. The molecule has 0 amide bonds. The molecule has 0 spiro atoms. The number of phosphoric ester groups is 2. The van der Waals surface area contributed by atoms with Gasteiger partial charge in [-0.2, -0.15) is 0 Å². The van der Waals surface area contributed by atoms with Gasteiger partial charge in [0.2, 0.25) is 0 Å². The largest absolute Gasteiger partial charge is 0.472 e. The Labute approximate surface area is 677 Å². The van der Waals surface area contributed by atoms with Crippen LogP contribution in [0, 0.1) is 5.92 Å². The van der Waals surface area contributed by atoms with E-state index in [1.807, 2.05) is 0 Å². The van der Waals surface area contributed by atoms with Crippen molar-refractivity contribution in [2.75, 3.05) is 39.6 Å². The summed E-state index contributed by atoms with van der Waals surface area (Å²) in [4.78, 5) is 73.4. The van der Waals surface area contributed by atoms with E-state index in [0.717, 1.165) is 95.8 Å². The lowest BCUT2D eigenvalue weighted by Gasteiger charge is -2.21. The van der Waals surface area contributed by atoms with Gasteiger partial charge in [0.1, 0.15) is 19.3 Å². The second kappa shape index (κ2) is 83.5. The molecule has 3 N–H and O–H groups in total. The molecule has 0 rings (SSSR count). The SMILES string of the molecule is CCCCCCCCCCCCCCCCCCCCCCCCC(=O)O[C@H](COC(=O)CCCCCCCCCCCCCCCCCCCCCCC)COP(=O)(O)OC[C@@H](O)COP(=O)(O)OC[C@@H](COC(=O)CCCCCCCCCCC(C)C)OC(=O)CCCCCCCCCCCCCCCCCC.